The second-order valence-electron chi connectivity index (χ2n) is 10.7. The zero-order valence-electron chi connectivity index (χ0n) is 18.4. The Kier molecular flexibility index (Phi) is 4.64. The molecule has 4 fully saturated rings. The van der Waals surface area contributed by atoms with E-state index in [4.69, 9.17) is 4.74 Å². The molecule has 0 radical (unpaired) electrons. The van der Waals surface area contributed by atoms with Gasteiger partial charge in [0.2, 0.25) is 5.91 Å². The molecule has 3 aliphatic carbocycles. The van der Waals surface area contributed by atoms with Gasteiger partial charge < -0.3 is 15.0 Å². The lowest BCUT2D eigenvalue weighted by molar-refractivity contribution is -0.140. The molecular weight excluding hydrogens is 376 g/mol. The quantitative estimate of drug-likeness (QED) is 0.794. The molecule has 2 unspecified atom stereocenters. The third-order valence-corrected chi connectivity index (χ3v) is 8.12. The molecule has 1 aromatic carbocycles. The highest BCUT2D eigenvalue weighted by molar-refractivity contribution is 5.80. The van der Waals surface area contributed by atoms with Crippen molar-refractivity contribution in [2.24, 2.45) is 11.8 Å². The molecular formula is C25H34N2O3. The van der Waals surface area contributed by atoms with Crippen LogP contribution in [0.4, 0.5) is 4.79 Å². The van der Waals surface area contributed by atoms with Gasteiger partial charge in [0.1, 0.15) is 0 Å². The summed E-state index contributed by atoms with van der Waals surface area (Å²) in [6.45, 7) is 7.78. The summed E-state index contributed by atoms with van der Waals surface area (Å²) in [5.74, 6) is 0.939. The van der Waals surface area contributed by atoms with Crippen molar-refractivity contribution in [3.63, 3.8) is 0 Å². The van der Waals surface area contributed by atoms with Crippen LogP contribution in [0, 0.1) is 11.8 Å². The minimum absolute atomic E-state index is 0.0548. The minimum Gasteiger partial charge on any atom is -0.447 e. The molecule has 1 N–H and O–H groups in total. The first-order valence-corrected chi connectivity index (χ1v) is 11.7. The van der Waals surface area contributed by atoms with Crippen LogP contribution >= 0.6 is 0 Å². The molecule has 3 saturated carbocycles. The average molecular weight is 411 g/mol. The Balaban J connectivity index is 1.12. The van der Waals surface area contributed by atoms with Crippen molar-refractivity contribution in [1.29, 1.82) is 0 Å². The summed E-state index contributed by atoms with van der Waals surface area (Å²) in [6, 6.07) is 9.47. The van der Waals surface area contributed by atoms with Crippen LogP contribution in [0.2, 0.25) is 0 Å². The Morgan fingerprint density at radius 3 is 2.37 bits per heavy atom. The molecule has 0 spiro atoms. The maximum Gasteiger partial charge on any atom is 0.407 e. The number of hydrogen-bond acceptors (Lipinski definition) is 3. The summed E-state index contributed by atoms with van der Waals surface area (Å²) >= 11 is 0. The van der Waals surface area contributed by atoms with E-state index in [1.807, 2.05) is 13.8 Å². The molecule has 5 rings (SSSR count). The van der Waals surface area contributed by atoms with Gasteiger partial charge in [-0.3, -0.25) is 4.79 Å². The molecule has 2 atom stereocenters. The molecule has 1 saturated heterocycles. The van der Waals surface area contributed by atoms with Crippen molar-refractivity contribution in [1.82, 2.24) is 10.2 Å². The zero-order chi connectivity index (χ0) is 21.1. The van der Waals surface area contributed by atoms with E-state index in [-0.39, 0.29) is 30.1 Å². The average Bonchev–Trinajstić information content (AvgIpc) is 3.59. The van der Waals surface area contributed by atoms with E-state index < -0.39 is 0 Å². The van der Waals surface area contributed by atoms with Gasteiger partial charge in [-0.25, -0.2) is 4.79 Å². The first-order valence-electron chi connectivity index (χ1n) is 11.7. The van der Waals surface area contributed by atoms with Gasteiger partial charge in [0.05, 0.1) is 6.10 Å². The van der Waals surface area contributed by atoms with Gasteiger partial charge in [0.25, 0.3) is 0 Å². The highest BCUT2D eigenvalue weighted by atomic mass is 16.6. The maximum absolute atomic E-state index is 12.9. The van der Waals surface area contributed by atoms with E-state index in [2.05, 4.69) is 41.4 Å². The van der Waals surface area contributed by atoms with Crippen LogP contribution in [0.5, 0.6) is 0 Å². The Labute approximate surface area is 179 Å². The fourth-order valence-electron chi connectivity index (χ4n) is 5.61. The van der Waals surface area contributed by atoms with E-state index in [9.17, 15) is 9.59 Å². The number of carbonyl (C=O) groups excluding carboxylic acids is 2. The van der Waals surface area contributed by atoms with Crippen LogP contribution in [-0.4, -0.2) is 42.1 Å². The highest BCUT2D eigenvalue weighted by Crippen LogP contribution is 2.59. The number of ether oxygens (including phenoxy) is 1. The van der Waals surface area contributed by atoms with Gasteiger partial charge in [-0.1, -0.05) is 31.2 Å². The second kappa shape index (κ2) is 7.00. The number of fused-ring (bicyclic) bond motifs is 1. The minimum atomic E-state index is -0.372. The number of rotatable bonds is 5. The Hall–Kier alpha value is -2.04. The van der Waals surface area contributed by atoms with E-state index in [1.54, 1.807) is 0 Å². The zero-order valence-corrected chi connectivity index (χ0v) is 18.4. The summed E-state index contributed by atoms with van der Waals surface area (Å²) in [4.78, 5) is 26.7. The lowest BCUT2D eigenvalue weighted by Gasteiger charge is -2.40. The molecule has 30 heavy (non-hydrogen) atoms. The summed E-state index contributed by atoms with van der Waals surface area (Å²) < 4.78 is 5.13. The van der Waals surface area contributed by atoms with Crippen molar-refractivity contribution in [3.8, 4) is 0 Å². The molecule has 0 bridgehead atoms. The van der Waals surface area contributed by atoms with E-state index in [0.29, 0.717) is 16.7 Å². The molecule has 4 aliphatic rings. The van der Waals surface area contributed by atoms with Gasteiger partial charge in [0.15, 0.2) is 0 Å². The van der Waals surface area contributed by atoms with Gasteiger partial charge in [-0.2, -0.15) is 0 Å². The monoisotopic (exact) mass is 410 g/mol. The molecule has 0 aromatic heterocycles. The fraction of sp³-hybridized carbons (Fsp3) is 0.680. The molecule has 2 amide bonds. The molecule has 1 heterocycles. The SMILES string of the molecule is CC(C)OC(=O)N[C@H]1C[C@@H](C(=O)N2CCC3(c4ccc(C5(C)CC5)cc4)CC3C2)C1. The Morgan fingerprint density at radius 1 is 1.10 bits per heavy atom. The number of likely N-dealkylation sites (tertiary alicyclic amines) is 1. The summed E-state index contributed by atoms with van der Waals surface area (Å²) in [5, 5.41) is 2.87. The molecule has 5 heteroatoms. The number of benzene rings is 1. The van der Waals surface area contributed by atoms with Crippen LogP contribution in [0.3, 0.4) is 0 Å². The van der Waals surface area contributed by atoms with Gasteiger partial charge in [0, 0.05) is 30.5 Å². The van der Waals surface area contributed by atoms with Crippen LogP contribution in [0.1, 0.15) is 70.4 Å². The normalized spacial score (nSPS) is 33.3. The lowest BCUT2D eigenvalue weighted by Crippen LogP contribution is -2.52. The number of nitrogens with one attached hydrogen (secondary N) is 1. The van der Waals surface area contributed by atoms with Crippen LogP contribution < -0.4 is 5.32 Å². The lowest BCUT2D eigenvalue weighted by atomic mass is 9.78. The Bertz CT molecular complexity index is 838. The van der Waals surface area contributed by atoms with Crippen molar-refractivity contribution in [3.05, 3.63) is 35.4 Å². The smallest absolute Gasteiger partial charge is 0.407 e. The van der Waals surface area contributed by atoms with Crippen LogP contribution in [0.15, 0.2) is 24.3 Å². The number of amides is 2. The number of nitrogens with zero attached hydrogens (tertiary/aromatic N) is 1. The molecule has 1 aliphatic heterocycles. The van der Waals surface area contributed by atoms with E-state index in [0.717, 1.165) is 32.4 Å². The first kappa shape index (κ1) is 19.9. The fourth-order valence-corrected chi connectivity index (χ4v) is 5.61. The van der Waals surface area contributed by atoms with Gasteiger partial charge in [-0.15, -0.1) is 0 Å². The third-order valence-electron chi connectivity index (χ3n) is 8.12. The summed E-state index contributed by atoms with van der Waals surface area (Å²) in [6.07, 6.45) is 5.89. The van der Waals surface area contributed by atoms with Crippen LogP contribution in [-0.2, 0) is 20.4 Å². The highest BCUT2D eigenvalue weighted by Gasteiger charge is 2.58. The van der Waals surface area contributed by atoms with Crippen molar-refractivity contribution < 1.29 is 14.3 Å². The topological polar surface area (TPSA) is 58.6 Å². The standard InChI is InChI=1S/C25H34N2O3/c1-16(2)30-23(29)26-21-12-17(13-21)22(28)27-11-10-25(14-20(25)15-27)19-6-4-18(5-7-19)24(3)8-9-24/h4-7,16-17,20-21H,8-15H2,1-3H3,(H,26,29)/t17-,20?,21+,25?. The summed E-state index contributed by atoms with van der Waals surface area (Å²) in [7, 11) is 0. The second-order valence-corrected chi connectivity index (χ2v) is 10.7. The molecule has 1 aromatic rings. The molecule has 5 nitrogen and oxygen atoms in total. The predicted molar refractivity (Wildman–Crippen MR) is 115 cm³/mol. The summed E-state index contributed by atoms with van der Waals surface area (Å²) in [5.41, 5.74) is 3.70. The number of hydrogen-bond donors (Lipinski definition) is 1. The van der Waals surface area contributed by atoms with Crippen molar-refractivity contribution >= 4 is 12.0 Å². The van der Waals surface area contributed by atoms with Gasteiger partial charge >= 0.3 is 6.09 Å². The maximum atomic E-state index is 12.9. The number of carbonyl (C=O) groups is 2. The third kappa shape index (κ3) is 3.50. The number of alkyl carbamates (subject to hydrolysis) is 1. The van der Waals surface area contributed by atoms with Crippen molar-refractivity contribution in [2.45, 2.75) is 82.3 Å². The van der Waals surface area contributed by atoms with E-state index in [1.165, 1.54) is 30.4 Å². The van der Waals surface area contributed by atoms with Crippen LogP contribution in [0.25, 0.3) is 0 Å². The first-order chi connectivity index (χ1) is 14.3. The van der Waals surface area contributed by atoms with Crippen molar-refractivity contribution in [2.75, 3.05) is 13.1 Å². The Morgan fingerprint density at radius 2 is 1.77 bits per heavy atom. The molecule has 162 valence electrons. The van der Waals surface area contributed by atoms with E-state index >= 15 is 0 Å². The number of piperidine rings is 1. The van der Waals surface area contributed by atoms with Gasteiger partial charge in [-0.05, 0) is 74.8 Å². The predicted octanol–water partition coefficient (Wildman–Crippen LogP) is 4.14. The largest absolute Gasteiger partial charge is 0.447 e.